The topological polar surface area (TPSA) is 80.6 Å². The number of aryl methyl sites for hydroxylation is 1. The van der Waals surface area contributed by atoms with Gasteiger partial charge in [0, 0.05) is 5.69 Å². The first-order valence-electron chi connectivity index (χ1n) is 6.52. The van der Waals surface area contributed by atoms with Gasteiger partial charge in [0.25, 0.3) is 11.8 Å². The number of rotatable bonds is 2. The standard InChI is InChI=1S/C15H14N2O4/c1-8-3-5-13(20-8)15(19)16-10-4-6-12-11(7-10)17-14(18)9(2)21-12/h3-7,9H,1-2H3,(H,16,19)(H,17,18). The number of benzene rings is 1. The largest absolute Gasteiger partial charge is 0.479 e. The highest BCUT2D eigenvalue weighted by molar-refractivity contribution is 6.03. The van der Waals surface area contributed by atoms with E-state index >= 15 is 0 Å². The normalized spacial score (nSPS) is 16.7. The molecule has 0 saturated carbocycles. The summed E-state index contributed by atoms with van der Waals surface area (Å²) in [7, 11) is 0. The quantitative estimate of drug-likeness (QED) is 0.889. The van der Waals surface area contributed by atoms with Gasteiger partial charge in [-0.05, 0) is 44.2 Å². The van der Waals surface area contributed by atoms with Crippen LogP contribution < -0.4 is 15.4 Å². The van der Waals surface area contributed by atoms with Crippen molar-refractivity contribution < 1.29 is 18.7 Å². The lowest BCUT2D eigenvalue weighted by atomic mass is 10.2. The van der Waals surface area contributed by atoms with E-state index in [9.17, 15) is 9.59 Å². The van der Waals surface area contributed by atoms with Gasteiger partial charge in [-0.3, -0.25) is 9.59 Å². The summed E-state index contributed by atoms with van der Waals surface area (Å²) in [6.45, 7) is 3.44. The average Bonchev–Trinajstić information content (AvgIpc) is 2.87. The van der Waals surface area contributed by atoms with E-state index in [0.29, 0.717) is 22.9 Å². The zero-order chi connectivity index (χ0) is 15.0. The van der Waals surface area contributed by atoms with E-state index in [0.717, 1.165) is 0 Å². The first-order valence-corrected chi connectivity index (χ1v) is 6.52. The monoisotopic (exact) mass is 286 g/mol. The molecule has 3 rings (SSSR count). The molecule has 1 atom stereocenters. The number of amides is 2. The van der Waals surface area contributed by atoms with Crippen LogP contribution in [0.15, 0.2) is 34.7 Å². The van der Waals surface area contributed by atoms with Crippen molar-refractivity contribution in [1.29, 1.82) is 0 Å². The fraction of sp³-hybridized carbons (Fsp3) is 0.200. The molecule has 1 aromatic heterocycles. The van der Waals surface area contributed by atoms with E-state index in [1.807, 2.05) is 0 Å². The zero-order valence-electron chi connectivity index (χ0n) is 11.6. The number of carbonyl (C=O) groups is 2. The summed E-state index contributed by atoms with van der Waals surface area (Å²) < 4.78 is 10.7. The minimum Gasteiger partial charge on any atom is -0.479 e. The van der Waals surface area contributed by atoms with Gasteiger partial charge in [0.1, 0.15) is 11.5 Å². The van der Waals surface area contributed by atoms with E-state index in [1.54, 1.807) is 44.2 Å². The molecule has 0 spiro atoms. The third-order valence-electron chi connectivity index (χ3n) is 3.13. The Morgan fingerprint density at radius 3 is 2.81 bits per heavy atom. The lowest BCUT2D eigenvalue weighted by molar-refractivity contribution is -0.122. The Bertz CT molecular complexity index is 720. The van der Waals surface area contributed by atoms with Crippen LogP contribution in [-0.2, 0) is 4.79 Å². The van der Waals surface area contributed by atoms with Gasteiger partial charge in [-0.2, -0.15) is 0 Å². The van der Waals surface area contributed by atoms with E-state index in [4.69, 9.17) is 9.15 Å². The third kappa shape index (κ3) is 2.60. The summed E-state index contributed by atoms with van der Waals surface area (Å²) in [5.74, 6) is 0.917. The second-order valence-corrected chi connectivity index (χ2v) is 4.82. The lowest BCUT2D eigenvalue weighted by Crippen LogP contribution is -2.34. The second-order valence-electron chi connectivity index (χ2n) is 4.82. The summed E-state index contributed by atoms with van der Waals surface area (Å²) in [5.41, 5.74) is 1.08. The van der Waals surface area contributed by atoms with Crippen molar-refractivity contribution in [2.24, 2.45) is 0 Å². The maximum absolute atomic E-state index is 12.0. The van der Waals surface area contributed by atoms with E-state index in [2.05, 4.69) is 10.6 Å². The van der Waals surface area contributed by atoms with Crippen molar-refractivity contribution in [2.45, 2.75) is 20.0 Å². The Morgan fingerprint density at radius 2 is 2.10 bits per heavy atom. The molecule has 6 heteroatoms. The number of ether oxygens (including phenoxy) is 1. The number of hydrogen-bond donors (Lipinski definition) is 2. The van der Waals surface area contributed by atoms with Crippen molar-refractivity contribution in [3.05, 3.63) is 41.9 Å². The van der Waals surface area contributed by atoms with Crippen LogP contribution in [0.2, 0.25) is 0 Å². The molecule has 1 aliphatic heterocycles. The van der Waals surface area contributed by atoms with Crippen molar-refractivity contribution >= 4 is 23.2 Å². The van der Waals surface area contributed by atoms with Gasteiger partial charge in [0.2, 0.25) is 0 Å². The molecule has 0 fully saturated rings. The third-order valence-corrected chi connectivity index (χ3v) is 3.13. The minimum atomic E-state index is -0.524. The van der Waals surface area contributed by atoms with Crippen LogP contribution in [-0.4, -0.2) is 17.9 Å². The zero-order valence-corrected chi connectivity index (χ0v) is 11.6. The lowest BCUT2D eigenvalue weighted by Gasteiger charge is -2.23. The molecule has 2 amide bonds. The Labute approximate surface area is 121 Å². The number of anilines is 2. The van der Waals surface area contributed by atoms with Crippen molar-refractivity contribution in [1.82, 2.24) is 0 Å². The van der Waals surface area contributed by atoms with Gasteiger partial charge in [-0.25, -0.2) is 0 Å². The molecule has 1 aromatic carbocycles. The molecule has 2 heterocycles. The smallest absolute Gasteiger partial charge is 0.291 e. The molecule has 0 aliphatic carbocycles. The van der Waals surface area contributed by atoms with Crippen molar-refractivity contribution in [3.63, 3.8) is 0 Å². The molecule has 108 valence electrons. The Kier molecular flexibility index (Phi) is 3.13. The Balaban J connectivity index is 1.80. The fourth-order valence-electron chi connectivity index (χ4n) is 2.04. The van der Waals surface area contributed by atoms with Crippen molar-refractivity contribution in [2.75, 3.05) is 10.6 Å². The summed E-state index contributed by atoms with van der Waals surface area (Å²) in [6.07, 6.45) is -0.524. The fourth-order valence-corrected chi connectivity index (χ4v) is 2.04. The van der Waals surface area contributed by atoms with Crippen LogP contribution in [0, 0.1) is 6.92 Å². The van der Waals surface area contributed by atoms with Crippen LogP contribution in [0.4, 0.5) is 11.4 Å². The van der Waals surface area contributed by atoms with Gasteiger partial charge >= 0.3 is 0 Å². The maximum Gasteiger partial charge on any atom is 0.291 e. The second kappa shape index (κ2) is 4.97. The van der Waals surface area contributed by atoms with Crippen LogP contribution in [0.5, 0.6) is 5.75 Å². The number of nitrogens with one attached hydrogen (secondary N) is 2. The predicted molar refractivity (Wildman–Crippen MR) is 76.6 cm³/mol. The van der Waals surface area contributed by atoms with Crippen LogP contribution in [0.25, 0.3) is 0 Å². The van der Waals surface area contributed by atoms with Gasteiger partial charge in [0.05, 0.1) is 5.69 Å². The molecule has 6 nitrogen and oxygen atoms in total. The highest BCUT2D eigenvalue weighted by atomic mass is 16.5. The van der Waals surface area contributed by atoms with Crippen LogP contribution in [0.3, 0.4) is 0 Å². The van der Waals surface area contributed by atoms with Gasteiger partial charge in [-0.15, -0.1) is 0 Å². The maximum atomic E-state index is 12.0. The Morgan fingerprint density at radius 1 is 1.29 bits per heavy atom. The van der Waals surface area contributed by atoms with Crippen molar-refractivity contribution in [3.8, 4) is 5.75 Å². The summed E-state index contributed by atoms with van der Waals surface area (Å²) in [4.78, 5) is 23.6. The predicted octanol–water partition coefficient (Wildman–Crippen LogP) is 2.56. The van der Waals surface area contributed by atoms with Gasteiger partial charge < -0.3 is 19.8 Å². The summed E-state index contributed by atoms with van der Waals surface area (Å²) >= 11 is 0. The molecule has 0 saturated heterocycles. The first-order chi connectivity index (χ1) is 10.0. The molecule has 1 aliphatic rings. The highest BCUT2D eigenvalue weighted by Gasteiger charge is 2.23. The molecular formula is C15H14N2O4. The summed E-state index contributed by atoms with van der Waals surface area (Å²) in [6, 6.07) is 8.38. The van der Waals surface area contributed by atoms with Gasteiger partial charge in [0.15, 0.2) is 11.9 Å². The SMILES string of the molecule is Cc1ccc(C(=O)Nc2ccc3c(c2)NC(=O)C(C)O3)o1. The number of carbonyl (C=O) groups excluding carboxylic acids is 2. The van der Waals surface area contributed by atoms with E-state index < -0.39 is 6.10 Å². The number of fused-ring (bicyclic) bond motifs is 1. The molecular weight excluding hydrogens is 272 g/mol. The molecule has 2 aromatic rings. The Hall–Kier alpha value is -2.76. The van der Waals surface area contributed by atoms with Crippen LogP contribution in [0.1, 0.15) is 23.2 Å². The first kappa shape index (κ1) is 13.2. The molecule has 0 radical (unpaired) electrons. The highest BCUT2D eigenvalue weighted by Crippen LogP contribution is 2.32. The molecule has 0 bridgehead atoms. The summed E-state index contributed by atoms with van der Waals surface area (Å²) in [5, 5.41) is 5.44. The molecule has 1 unspecified atom stereocenters. The number of hydrogen-bond acceptors (Lipinski definition) is 4. The minimum absolute atomic E-state index is 0.215. The number of furan rings is 1. The van der Waals surface area contributed by atoms with Gasteiger partial charge in [-0.1, -0.05) is 0 Å². The molecule has 2 N–H and O–H groups in total. The van der Waals surface area contributed by atoms with E-state index in [1.165, 1.54) is 0 Å². The van der Waals surface area contributed by atoms with E-state index in [-0.39, 0.29) is 17.6 Å². The molecule has 21 heavy (non-hydrogen) atoms. The van der Waals surface area contributed by atoms with Crippen LogP contribution >= 0.6 is 0 Å². The average molecular weight is 286 g/mol.